The Balaban J connectivity index is 0.000000423. The Bertz CT molecular complexity index is 188. The second kappa shape index (κ2) is 6.83. The molecule has 0 aromatic rings. The van der Waals surface area contributed by atoms with Gasteiger partial charge in [0.05, 0.1) is 6.10 Å². The molecule has 90 valence electrons. The van der Waals surface area contributed by atoms with E-state index in [1.807, 2.05) is 0 Å². The molecule has 1 aliphatic carbocycles. The van der Waals surface area contributed by atoms with E-state index in [1.54, 1.807) is 0 Å². The number of rotatable bonds is 1. The molecular formula is C12H25NO2. The topological polar surface area (TPSA) is 63.3 Å². The Hall–Kier alpha value is -0.570. The predicted octanol–water partition coefficient (Wildman–Crippen LogP) is 1.93. The lowest BCUT2D eigenvalue weighted by molar-refractivity contribution is -0.115. The molecule has 0 bridgehead atoms. The number of hydrogen-bond donors (Lipinski definition) is 2. The zero-order valence-corrected chi connectivity index (χ0v) is 10.4. The third-order valence-corrected chi connectivity index (χ3v) is 2.99. The van der Waals surface area contributed by atoms with Crippen molar-refractivity contribution in [2.45, 2.75) is 53.1 Å². The first-order valence-corrected chi connectivity index (χ1v) is 5.78. The molecule has 0 aromatic carbocycles. The van der Waals surface area contributed by atoms with E-state index >= 15 is 0 Å². The van der Waals surface area contributed by atoms with Crippen LogP contribution in [0.1, 0.15) is 47.0 Å². The summed E-state index contributed by atoms with van der Waals surface area (Å²) >= 11 is 0. The molecule has 1 saturated carbocycles. The Morgan fingerprint density at radius 1 is 1.40 bits per heavy atom. The summed E-state index contributed by atoms with van der Waals surface area (Å²) in [5.74, 6) is 1.61. The second-order valence-electron chi connectivity index (χ2n) is 5.00. The fourth-order valence-electron chi connectivity index (χ4n) is 2.15. The molecule has 0 heterocycles. The smallest absolute Gasteiger partial charge is 0.214 e. The van der Waals surface area contributed by atoms with Crippen LogP contribution in [0.3, 0.4) is 0 Å². The highest BCUT2D eigenvalue weighted by Gasteiger charge is 2.28. The monoisotopic (exact) mass is 215 g/mol. The van der Waals surface area contributed by atoms with Crippen molar-refractivity contribution < 1.29 is 9.90 Å². The molecule has 1 fully saturated rings. The molecule has 3 heteroatoms. The van der Waals surface area contributed by atoms with Gasteiger partial charge in [-0.05, 0) is 30.6 Å². The Morgan fingerprint density at radius 3 is 2.20 bits per heavy atom. The van der Waals surface area contributed by atoms with Crippen molar-refractivity contribution in [2.24, 2.45) is 23.5 Å². The van der Waals surface area contributed by atoms with E-state index in [2.05, 4.69) is 26.5 Å². The number of nitrogens with two attached hydrogens (primary N) is 1. The quantitative estimate of drug-likeness (QED) is 0.702. The van der Waals surface area contributed by atoms with Gasteiger partial charge in [-0.3, -0.25) is 4.79 Å². The minimum absolute atomic E-state index is 0.0289. The molecule has 1 rings (SSSR count). The second-order valence-corrected chi connectivity index (χ2v) is 5.00. The standard InChI is InChI=1S/C10H20O.C2H5NO/c1-7(2)9-5-4-8(3)6-10(9)11;1-2(3)4/h7-11H,4-6H2,1-3H3;1H3,(H2,3,4). The SMILES string of the molecule is CC(N)=O.CC1CCC(C(C)C)C(O)C1. The first kappa shape index (κ1) is 14.4. The fraction of sp³-hybridized carbons (Fsp3) is 0.917. The van der Waals surface area contributed by atoms with Crippen molar-refractivity contribution >= 4 is 5.91 Å². The van der Waals surface area contributed by atoms with Crippen molar-refractivity contribution in [3.05, 3.63) is 0 Å². The predicted molar refractivity (Wildman–Crippen MR) is 62.2 cm³/mol. The zero-order valence-electron chi connectivity index (χ0n) is 10.4. The van der Waals surface area contributed by atoms with Crippen molar-refractivity contribution in [2.75, 3.05) is 0 Å². The highest BCUT2D eigenvalue weighted by atomic mass is 16.3. The lowest BCUT2D eigenvalue weighted by Gasteiger charge is -2.33. The highest BCUT2D eigenvalue weighted by Crippen LogP contribution is 2.33. The van der Waals surface area contributed by atoms with Gasteiger partial charge in [0.2, 0.25) is 5.91 Å². The van der Waals surface area contributed by atoms with E-state index < -0.39 is 0 Å². The molecule has 1 amide bonds. The molecule has 0 aromatic heterocycles. The summed E-state index contributed by atoms with van der Waals surface area (Å²) in [4.78, 5) is 9.22. The summed E-state index contributed by atoms with van der Waals surface area (Å²) in [5, 5.41) is 9.71. The van der Waals surface area contributed by atoms with Crippen molar-refractivity contribution in [1.29, 1.82) is 0 Å². The summed E-state index contributed by atoms with van der Waals surface area (Å²) in [5.41, 5.74) is 4.47. The van der Waals surface area contributed by atoms with Crippen LogP contribution in [0.15, 0.2) is 0 Å². The Morgan fingerprint density at radius 2 is 1.87 bits per heavy atom. The maximum atomic E-state index is 9.71. The summed E-state index contributed by atoms with van der Waals surface area (Å²) < 4.78 is 0. The van der Waals surface area contributed by atoms with Gasteiger partial charge in [-0.1, -0.05) is 27.2 Å². The van der Waals surface area contributed by atoms with Gasteiger partial charge in [0.25, 0.3) is 0 Å². The molecule has 3 atom stereocenters. The van der Waals surface area contributed by atoms with Crippen molar-refractivity contribution in [1.82, 2.24) is 0 Å². The van der Waals surface area contributed by atoms with E-state index in [9.17, 15) is 9.90 Å². The third-order valence-electron chi connectivity index (χ3n) is 2.99. The van der Waals surface area contributed by atoms with Gasteiger partial charge in [0, 0.05) is 6.92 Å². The Labute approximate surface area is 93.0 Å². The normalized spacial score (nSPS) is 30.7. The number of aliphatic hydroxyl groups excluding tert-OH is 1. The minimum Gasteiger partial charge on any atom is -0.393 e. The van der Waals surface area contributed by atoms with Crippen LogP contribution in [0.25, 0.3) is 0 Å². The van der Waals surface area contributed by atoms with E-state index in [0.717, 1.165) is 12.3 Å². The van der Waals surface area contributed by atoms with Crippen LogP contribution in [-0.4, -0.2) is 17.1 Å². The van der Waals surface area contributed by atoms with Gasteiger partial charge in [0.1, 0.15) is 0 Å². The van der Waals surface area contributed by atoms with Gasteiger partial charge < -0.3 is 10.8 Å². The molecule has 0 saturated heterocycles. The van der Waals surface area contributed by atoms with Crippen molar-refractivity contribution in [3.63, 3.8) is 0 Å². The number of primary amides is 1. The average molecular weight is 215 g/mol. The molecule has 1 aliphatic rings. The largest absolute Gasteiger partial charge is 0.393 e. The van der Waals surface area contributed by atoms with Crippen LogP contribution in [0, 0.1) is 17.8 Å². The first-order chi connectivity index (χ1) is 6.84. The van der Waals surface area contributed by atoms with Crippen molar-refractivity contribution in [3.8, 4) is 0 Å². The van der Waals surface area contributed by atoms with Crippen LogP contribution < -0.4 is 5.73 Å². The third kappa shape index (κ3) is 6.50. The highest BCUT2D eigenvalue weighted by molar-refractivity contribution is 5.70. The number of amides is 1. The molecule has 0 radical (unpaired) electrons. The lowest BCUT2D eigenvalue weighted by atomic mass is 9.75. The molecule has 0 spiro atoms. The summed E-state index contributed by atoms with van der Waals surface area (Å²) in [7, 11) is 0. The van der Waals surface area contributed by atoms with E-state index in [1.165, 1.54) is 19.8 Å². The van der Waals surface area contributed by atoms with Crippen LogP contribution in [0.4, 0.5) is 0 Å². The van der Waals surface area contributed by atoms with Gasteiger partial charge in [-0.15, -0.1) is 0 Å². The zero-order chi connectivity index (χ0) is 12.0. The molecule has 3 unspecified atom stereocenters. The summed E-state index contributed by atoms with van der Waals surface area (Å²) in [6, 6.07) is 0. The molecule has 15 heavy (non-hydrogen) atoms. The minimum atomic E-state index is -0.333. The fourth-order valence-corrected chi connectivity index (χ4v) is 2.15. The van der Waals surface area contributed by atoms with Crippen LogP contribution in [-0.2, 0) is 4.79 Å². The maximum Gasteiger partial charge on any atom is 0.214 e. The average Bonchev–Trinajstić information content (AvgIpc) is 2.01. The maximum absolute atomic E-state index is 9.71. The van der Waals surface area contributed by atoms with E-state index in [4.69, 9.17) is 0 Å². The molecule has 3 nitrogen and oxygen atoms in total. The van der Waals surface area contributed by atoms with Gasteiger partial charge in [-0.25, -0.2) is 0 Å². The lowest BCUT2D eigenvalue weighted by Crippen LogP contribution is -2.31. The van der Waals surface area contributed by atoms with Crippen LogP contribution in [0.5, 0.6) is 0 Å². The molecule has 0 aliphatic heterocycles. The molecular weight excluding hydrogens is 190 g/mol. The van der Waals surface area contributed by atoms with Gasteiger partial charge in [0.15, 0.2) is 0 Å². The Kier molecular flexibility index (Phi) is 6.57. The van der Waals surface area contributed by atoms with Gasteiger partial charge >= 0.3 is 0 Å². The number of carbonyl (C=O) groups is 1. The number of aliphatic hydroxyl groups is 1. The van der Waals surface area contributed by atoms with Crippen LogP contribution in [0.2, 0.25) is 0 Å². The van der Waals surface area contributed by atoms with E-state index in [-0.39, 0.29) is 12.0 Å². The first-order valence-electron chi connectivity index (χ1n) is 5.78. The number of hydrogen-bond acceptors (Lipinski definition) is 2. The summed E-state index contributed by atoms with van der Waals surface area (Å²) in [6.45, 7) is 7.97. The summed E-state index contributed by atoms with van der Waals surface area (Å²) in [6.07, 6.45) is 3.52. The van der Waals surface area contributed by atoms with E-state index in [0.29, 0.717) is 11.8 Å². The van der Waals surface area contributed by atoms with Crippen LogP contribution >= 0.6 is 0 Å². The van der Waals surface area contributed by atoms with Gasteiger partial charge in [-0.2, -0.15) is 0 Å². The molecule has 3 N–H and O–H groups in total. The number of carbonyl (C=O) groups excluding carboxylic acids is 1.